The number of hydrogen-bond donors (Lipinski definition) is 1. The first-order valence-electron chi connectivity index (χ1n) is 6.34. The molecule has 0 fully saturated rings. The Kier molecular flexibility index (Phi) is 3.39. The number of nitrogens with zero attached hydrogens (tertiary/aromatic N) is 1. The van der Waals surface area contributed by atoms with Crippen LogP contribution >= 0.6 is 0 Å². The molecule has 0 radical (unpaired) electrons. The number of benzene rings is 2. The molecule has 0 atom stereocenters. The summed E-state index contributed by atoms with van der Waals surface area (Å²) in [5.41, 5.74) is 1.47. The molecule has 2 aromatic carbocycles. The van der Waals surface area contributed by atoms with Crippen LogP contribution in [0.2, 0.25) is 0 Å². The molecule has 3 aromatic rings. The summed E-state index contributed by atoms with van der Waals surface area (Å²) in [5.74, 6) is -0.423. The van der Waals surface area contributed by atoms with E-state index in [2.05, 4.69) is 10.2 Å². The molecular weight excluding hydrogens is 274 g/mol. The van der Waals surface area contributed by atoms with Crippen molar-refractivity contribution in [2.45, 2.75) is 0 Å². The van der Waals surface area contributed by atoms with Crippen molar-refractivity contribution in [1.29, 1.82) is 0 Å². The van der Waals surface area contributed by atoms with Gasteiger partial charge in [0.05, 0.1) is 24.1 Å². The topological polar surface area (TPSA) is 37.9 Å². The highest BCUT2D eigenvalue weighted by Gasteiger charge is 2.15. The first-order valence-corrected chi connectivity index (χ1v) is 6.34. The zero-order valence-electron chi connectivity index (χ0n) is 11.2. The van der Waals surface area contributed by atoms with Gasteiger partial charge in [-0.15, -0.1) is 0 Å². The molecule has 1 aromatic heterocycles. The molecule has 3 nitrogen and oxygen atoms in total. The van der Waals surface area contributed by atoms with E-state index in [0.717, 1.165) is 0 Å². The predicted octanol–water partition coefficient (Wildman–Crippen LogP) is 4.03. The predicted molar refractivity (Wildman–Crippen MR) is 75.9 cm³/mol. The number of halogens is 2. The summed E-state index contributed by atoms with van der Waals surface area (Å²) < 4.78 is 32.9. The molecule has 0 aliphatic carbocycles. The van der Waals surface area contributed by atoms with Gasteiger partial charge in [-0.3, -0.25) is 5.10 Å². The molecule has 0 unspecified atom stereocenters. The lowest BCUT2D eigenvalue weighted by molar-refractivity contribution is 0.413. The van der Waals surface area contributed by atoms with E-state index in [1.165, 1.54) is 19.2 Å². The van der Waals surface area contributed by atoms with Gasteiger partial charge in [0.15, 0.2) is 0 Å². The Balaban J connectivity index is 2.10. The molecule has 0 amide bonds. The number of aromatic amines is 1. The molecular formula is C16H12F2N2O. The maximum absolute atomic E-state index is 14.0. The van der Waals surface area contributed by atoms with Crippen molar-refractivity contribution < 1.29 is 13.5 Å². The van der Waals surface area contributed by atoms with Crippen molar-refractivity contribution in [3.8, 4) is 28.3 Å². The Morgan fingerprint density at radius 3 is 2.52 bits per heavy atom. The van der Waals surface area contributed by atoms with E-state index in [4.69, 9.17) is 4.74 Å². The average Bonchev–Trinajstić information content (AvgIpc) is 2.96. The molecule has 0 spiro atoms. The van der Waals surface area contributed by atoms with Crippen LogP contribution < -0.4 is 4.74 Å². The minimum absolute atomic E-state index is 0.273. The van der Waals surface area contributed by atoms with Gasteiger partial charge in [0, 0.05) is 5.56 Å². The molecule has 106 valence electrons. The summed E-state index contributed by atoms with van der Waals surface area (Å²) in [5, 5.41) is 6.78. The van der Waals surface area contributed by atoms with E-state index in [9.17, 15) is 8.78 Å². The van der Waals surface area contributed by atoms with Gasteiger partial charge in [0.1, 0.15) is 17.4 Å². The first kappa shape index (κ1) is 13.3. The Labute approximate surface area is 120 Å². The molecule has 21 heavy (non-hydrogen) atoms. The summed E-state index contributed by atoms with van der Waals surface area (Å²) in [6.07, 6.45) is 0. The molecule has 1 heterocycles. The second-order valence-electron chi connectivity index (χ2n) is 4.46. The van der Waals surface area contributed by atoms with Gasteiger partial charge in [0.2, 0.25) is 0 Å². The van der Waals surface area contributed by atoms with E-state index in [0.29, 0.717) is 22.7 Å². The van der Waals surface area contributed by atoms with Gasteiger partial charge in [-0.2, -0.15) is 5.10 Å². The van der Waals surface area contributed by atoms with Crippen LogP contribution in [-0.2, 0) is 0 Å². The number of hydrogen-bond acceptors (Lipinski definition) is 2. The fraction of sp³-hybridized carbons (Fsp3) is 0.0625. The SMILES string of the molecule is COc1cccc(F)c1-c1cc(-c2ccccc2F)n[nH]1. The van der Waals surface area contributed by atoms with Crippen molar-refractivity contribution in [3.05, 3.63) is 60.2 Å². The van der Waals surface area contributed by atoms with Crippen LogP contribution in [0.4, 0.5) is 8.78 Å². The van der Waals surface area contributed by atoms with Crippen molar-refractivity contribution in [2.24, 2.45) is 0 Å². The van der Waals surface area contributed by atoms with Crippen LogP contribution in [0.15, 0.2) is 48.5 Å². The third-order valence-corrected chi connectivity index (χ3v) is 3.19. The molecule has 0 bridgehead atoms. The van der Waals surface area contributed by atoms with Crippen LogP contribution in [0.3, 0.4) is 0 Å². The second-order valence-corrected chi connectivity index (χ2v) is 4.46. The highest BCUT2D eigenvalue weighted by Crippen LogP contribution is 2.33. The van der Waals surface area contributed by atoms with Gasteiger partial charge in [-0.1, -0.05) is 18.2 Å². The van der Waals surface area contributed by atoms with E-state index in [-0.39, 0.29) is 11.4 Å². The first-order chi connectivity index (χ1) is 10.2. The van der Waals surface area contributed by atoms with Crippen molar-refractivity contribution in [1.82, 2.24) is 10.2 Å². The summed E-state index contributed by atoms with van der Waals surface area (Å²) in [7, 11) is 1.46. The third-order valence-electron chi connectivity index (χ3n) is 3.19. The average molecular weight is 286 g/mol. The molecule has 0 saturated carbocycles. The normalized spacial score (nSPS) is 10.6. The fourth-order valence-corrected chi connectivity index (χ4v) is 2.19. The number of rotatable bonds is 3. The van der Waals surface area contributed by atoms with Crippen LogP contribution in [-0.4, -0.2) is 17.3 Å². The quantitative estimate of drug-likeness (QED) is 0.789. The van der Waals surface area contributed by atoms with Gasteiger partial charge in [-0.25, -0.2) is 8.78 Å². The minimum atomic E-state index is -0.432. The maximum Gasteiger partial charge on any atom is 0.136 e. The lowest BCUT2D eigenvalue weighted by atomic mass is 10.1. The van der Waals surface area contributed by atoms with Crippen molar-refractivity contribution >= 4 is 0 Å². The van der Waals surface area contributed by atoms with Crippen LogP contribution in [0.1, 0.15) is 0 Å². The van der Waals surface area contributed by atoms with Crippen LogP contribution in [0, 0.1) is 11.6 Å². The van der Waals surface area contributed by atoms with Crippen LogP contribution in [0.25, 0.3) is 22.5 Å². The highest BCUT2D eigenvalue weighted by molar-refractivity contribution is 5.72. The number of H-pyrrole nitrogens is 1. The largest absolute Gasteiger partial charge is 0.496 e. The molecule has 0 aliphatic heterocycles. The van der Waals surface area contributed by atoms with Gasteiger partial charge >= 0.3 is 0 Å². The van der Waals surface area contributed by atoms with Crippen molar-refractivity contribution in [3.63, 3.8) is 0 Å². The standard InChI is InChI=1S/C16H12F2N2O/c1-21-15-8-4-7-12(18)16(15)14-9-13(19-20-14)10-5-2-3-6-11(10)17/h2-9H,1H3,(H,19,20). The fourth-order valence-electron chi connectivity index (χ4n) is 2.19. The zero-order valence-corrected chi connectivity index (χ0v) is 11.2. The van der Waals surface area contributed by atoms with Crippen LogP contribution in [0.5, 0.6) is 5.75 Å². The molecule has 1 N–H and O–H groups in total. The van der Waals surface area contributed by atoms with Gasteiger partial charge in [0.25, 0.3) is 0 Å². The minimum Gasteiger partial charge on any atom is -0.496 e. The molecule has 3 rings (SSSR count). The van der Waals surface area contributed by atoms with E-state index >= 15 is 0 Å². The molecule has 5 heteroatoms. The Morgan fingerprint density at radius 2 is 1.76 bits per heavy atom. The second kappa shape index (κ2) is 5.36. The number of aromatic nitrogens is 2. The van der Waals surface area contributed by atoms with E-state index < -0.39 is 5.82 Å². The lowest BCUT2D eigenvalue weighted by Gasteiger charge is -2.06. The summed E-state index contributed by atoms with van der Waals surface area (Å²) in [6, 6.07) is 12.4. The zero-order chi connectivity index (χ0) is 14.8. The highest BCUT2D eigenvalue weighted by atomic mass is 19.1. The third kappa shape index (κ3) is 2.38. The molecule has 0 aliphatic rings. The summed E-state index contributed by atoms with van der Waals surface area (Å²) in [6.45, 7) is 0. The summed E-state index contributed by atoms with van der Waals surface area (Å²) in [4.78, 5) is 0. The summed E-state index contributed by atoms with van der Waals surface area (Å²) >= 11 is 0. The Bertz CT molecular complexity index is 783. The lowest BCUT2D eigenvalue weighted by Crippen LogP contribution is -1.91. The van der Waals surface area contributed by atoms with E-state index in [1.54, 1.807) is 36.4 Å². The van der Waals surface area contributed by atoms with Gasteiger partial charge in [-0.05, 0) is 30.3 Å². The number of nitrogens with one attached hydrogen (secondary N) is 1. The Hall–Kier alpha value is -2.69. The molecule has 0 saturated heterocycles. The monoisotopic (exact) mass is 286 g/mol. The van der Waals surface area contributed by atoms with E-state index in [1.807, 2.05) is 0 Å². The smallest absolute Gasteiger partial charge is 0.136 e. The number of methoxy groups -OCH3 is 1. The van der Waals surface area contributed by atoms with Gasteiger partial charge < -0.3 is 4.74 Å². The maximum atomic E-state index is 14.0. The Morgan fingerprint density at radius 1 is 1.00 bits per heavy atom. The van der Waals surface area contributed by atoms with Crippen molar-refractivity contribution in [2.75, 3.05) is 7.11 Å². The number of ether oxygens (including phenoxy) is 1.